The average molecular weight is 261 g/mol. The summed E-state index contributed by atoms with van der Waals surface area (Å²) in [6.45, 7) is 3.44. The number of benzene rings is 2. The van der Waals surface area contributed by atoms with Gasteiger partial charge in [-0.25, -0.2) is 0 Å². The second-order valence-electron chi connectivity index (χ2n) is 4.16. The molecule has 0 saturated carbocycles. The van der Waals surface area contributed by atoms with Crippen molar-refractivity contribution in [2.24, 2.45) is 0 Å². The molecule has 2 rings (SSSR count). The van der Waals surface area contributed by atoms with Crippen molar-refractivity contribution >= 4 is 11.6 Å². The lowest BCUT2D eigenvalue weighted by Gasteiger charge is -2.05. The number of rotatable bonds is 5. The highest BCUT2D eigenvalue weighted by molar-refractivity contribution is 6.17. The Kier molecular flexibility index (Phi) is 4.80. The molecule has 0 unspecified atom stereocenters. The molecule has 2 aromatic carbocycles. The predicted octanol–water partition coefficient (Wildman–Crippen LogP) is 4.63. The molecule has 0 bridgehead atoms. The fraction of sp³-hybridized carbons (Fsp3) is 0.250. The number of halogens is 1. The molecule has 0 aliphatic heterocycles. The van der Waals surface area contributed by atoms with Gasteiger partial charge in [-0.3, -0.25) is 0 Å². The lowest BCUT2D eigenvalue weighted by molar-refractivity contribution is 0.134. The summed E-state index contributed by atoms with van der Waals surface area (Å²) in [5.41, 5.74) is 4.79. The molecule has 0 saturated heterocycles. The molecule has 2 heteroatoms. The van der Waals surface area contributed by atoms with Crippen LogP contribution in [0.1, 0.15) is 18.1 Å². The van der Waals surface area contributed by atoms with E-state index < -0.39 is 0 Å². The monoisotopic (exact) mass is 260 g/mol. The summed E-state index contributed by atoms with van der Waals surface area (Å²) >= 11 is 5.78. The van der Waals surface area contributed by atoms with Crippen LogP contribution in [0.25, 0.3) is 11.1 Å². The molecule has 0 atom stereocenters. The highest BCUT2D eigenvalue weighted by atomic mass is 35.5. The largest absolute Gasteiger partial charge is 0.377 e. The smallest absolute Gasteiger partial charge is 0.0716 e. The van der Waals surface area contributed by atoms with Crippen LogP contribution in [-0.2, 0) is 17.2 Å². The standard InChI is InChI=1S/C16H17ClO/c1-2-18-12-14-5-9-16(10-6-14)15-7-3-13(11-17)4-8-15/h3-10H,2,11-12H2,1H3. The zero-order valence-electron chi connectivity index (χ0n) is 10.5. The molecule has 18 heavy (non-hydrogen) atoms. The number of hydrogen-bond donors (Lipinski definition) is 0. The second-order valence-corrected chi connectivity index (χ2v) is 4.43. The lowest BCUT2D eigenvalue weighted by Crippen LogP contribution is -1.91. The van der Waals surface area contributed by atoms with Crippen LogP contribution in [-0.4, -0.2) is 6.61 Å². The third kappa shape index (κ3) is 3.34. The molecule has 0 amide bonds. The van der Waals surface area contributed by atoms with Crippen LogP contribution in [0.4, 0.5) is 0 Å². The van der Waals surface area contributed by atoms with Gasteiger partial charge in [-0.05, 0) is 29.2 Å². The first-order chi connectivity index (χ1) is 8.83. The molecular formula is C16H17ClO. The zero-order chi connectivity index (χ0) is 12.8. The van der Waals surface area contributed by atoms with Crippen LogP contribution >= 0.6 is 11.6 Å². The molecule has 0 aliphatic rings. The fourth-order valence-electron chi connectivity index (χ4n) is 1.80. The third-order valence-corrected chi connectivity index (χ3v) is 3.18. The number of alkyl halides is 1. The molecule has 1 nitrogen and oxygen atoms in total. The van der Waals surface area contributed by atoms with Crippen LogP contribution in [0.3, 0.4) is 0 Å². The minimum atomic E-state index is 0.563. The molecule has 0 radical (unpaired) electrons. The van der Waals surface area contributed by atoms with E-state index in [-0.39, 0.29) is 0 Å². The quantitative estimate of drug-likeness (QED) is 0.713. The molecular weight excluding hydrogens is 244 g/mol. The van der Waals surface area contributed by atoms with E-state index in [0.29, 0.717) is 12.5 Å². The Morgan fingerprint density at radius 2 is 1.33 bits per heavy atom. The minimum Gasteiger partial charge on any atom is -0.377 e. The van der Waals surface area contributed by atoms with E-state index >= 15 is 0 Å². The van der Waals surface area contributed by atoms with Gasteiger partial charge in [0.05, 0.1) is 6.61 Å². The van der Waals surface area contributed by atoms with Gasteiger partial charge in [0.25, 0.3) is 0 Å². The molecule has 0 N–H and O–H groups in total. The van der Waals surface area contributed by atoms with Crippen LogP contribution in [0.2, 0.25) is 0 Å². The van der Waals surface area contributed by atoms with E-state index in [1.165, 1.54) is 16.7 Å². The Balaban J connectivity index is 2.12. The van der Waals surface area contributed by atoms with E-state index in [4.69, 9.17) is 16.3 Å². The molecule has 2 aromatic rings. The first-order valence-corrected chi connectivity index (χ1v) is 6.69. The maximum atomic E-state index is 5.78. The Labute approximate surface area is 113 Å². The van der Waals surface area contributed by atoms with Gasteiger partial charge in [0.2, 0.25) is 0 Å². The SMILES string of the molecule is CCOCc1ccc(-c2ccc(CCl)cc2)cc1. The molecule has 94 valence electrons. The van der Waals surface area contributed by atoms with Crippen molar-refractivity contribution in [3.63, 3.8) is 0 Å². The van der Waals surface area contributed by atoms with Crippen molar-refractivity contribution in [1.29, 1.82) is 0 Å². The van der Waals surface area contributed by atoms with Gasteiger partial charge >= 0.3 is 0 Å². The fourth-order valence-corrected chi connectivity index (χ4v) is 1.98. The van der Waals surface area contributed by atoms with Crippen molar-refractivity contribution in [3.8, 4) is 11.1 Å². The highest BCUT2D eigenvalue weighted by Crippen LogP contribution is 2.21. The summed E-state index contributed by atoms with van der Waals surface area (Å²) in [6.07, 6.45) is 0. The summed E-state index contributed by atoms with van der Waals surface area (Å²) in [7, 11) is 0. The summed E-state index contributed by atoms with van der Waals surface area (Å²) in [5, 5.41) is 0. The lowest BCUT2D eigenvalue weighted by atomic mass is 10.0. The van der Waals surface area contributed by atoms with Crippen LogP contribution in [0.15, 0.2) is 48.5 Å². The minimum absolute atomic E-state index is 0.563. The van der Waals surface area contributed by atoms with Gasteiger partial charge in [0.1, 0.15) is 0 Å². The number of hydrogen-bond acceptors (Lipinski definition) is 1. The molecule has 0 aromatic heterocycles. The summed E-state index contributed by atoms with van der Waals surface area (Å²) in [6, 6.07) is 16.8. The predicted molar refractivity (Wildman–Crippen MR) is 76.8 cm³/mol. The maximum absolute atomic E-state index is 5.78. The molecule has 0 spiro atoms. The van der Waals surface area contributed by atoms with Crippen molar-refractivity contribution in [2.75, 3.05) is 6.61 Å². The van der Waals surface area contributed by atoms with Crippen LogP contribution < -0.4 is 0 Å². The average Bonchev–Trinajstić information content (AvgIpc) is 2.46. The van der Waals surface area contributed by atoms with E-state index in [1.54, 1.807) is 0 Å². The molecule has 0 heterocycles. The van der Waals surface area contributed by atoms with Crippen LogP contribution in [0, 0.1) is 0 Å². The van der Waals surface area contributed by atoms with Crippen molar-refractivity contribution < 1.29 is 4.74 Å². The summed E-state index contributed by atoms with van der Waals surface area (Å²) in [4.78, 5) is 0. The second kappa shape index (κ2) is 6.58. The van der Waals surface area contributed by atoms with E-state index in [2.05, 4.69) is 48.5 Å². The van der Waals surface area contributed by atoms with Crippen molar-refractivity contribution in [3.05, 3.63) is 59.7 Å². The first-order valence-electron chi connectivity index (χ1n) is 6.15. The Hall–Kier alpha value is -1.31. The summed E-state index contributed by atoms with van der Waals surface area (Å²) in [5.74, 6) is 0.563. The molecule has 0 fully saturated rings. The van der Waals surface area contributed by atoms with Crippen molar-refractivity contribution in [2.45, 2.75) is 19.4 Å². The molecule has 0 aliphatic carbocycles. The summed E-state index contributed by atoms with van der Waals surface area (Å²) < 4.78 is 5.38. The van der Waals surface area contributed by atoms with Gasteiger partial charge in [-0.15, -0.1) is 11.6 Å². The number of ether oxygens (including phenoxy) is 1. The first kappa shape index (κ1) is 13.1. The Bertz CT molecular complexity index is 473. The maximum Gasteiger partial charge on any atom is 0.0716 e. The van der Waals surface area contributed by atoms with E-state index in [1.807, 2.05) is 6.92 Å². The van der Waals surface area contributed by atoms with Gasteiger partial charge in [0, 0.05) is 12.5 Å². The third-order valence-electron chi connectivity index (χ3n) is 2.87. The van der Waals surface area contributed by atoms with Gasteiger partial charge < -0.3 is 4.74 Å². The Morgan fingerprint density at radius 3 is 1.78 bits per heavy atom. The van der Waals surface area contributed by atoms with Gasteiger partial charge in [-0.1, -0.05) is 48.5 Å². The van der Waals surface area contributed by atoms with Gasteiger partial charge in [0.15, 0.2) is 0 Å². The highest BCUT2D eigenvalue weighted by Gasteiger charge is 1.99. The zero-order valence-corrected chi connectivity index (χ0v) is 11.3. The Morgan fingerprint density at radius 1 is 0.833 bits per heavy atom. The topological polar surface area (TPSA) is 9.23 Å². The van der Waals surface area contributed by atoms with E-state index in [0.717, 1.165) is 12.2 Å². The van der Waals surface area contributed by atoms with Crippen LogP contribution in [0.5, 0.6) is 0 Å². The van der Waals surface area contributed by atoms with Gasteiger partial charge in [-0.2, -0.15) is 0 Å². The van der Waals surface area contributed by atoms with Crippen molar-refractivity contribution in [1.82, 2.24) is 0 Å². The van der Waals surface area contributed by atoms with E-state index in [9.17, 15) is 0 Å². The normalized spacial score (nSPS) is 10.6.